The molecule has 0 radical (unpaired) electrons. The molecule has 0 saturated carbocycles. The van der Waals surface area contributed by atoms with Crippen LogP contribution >= 0.6 is 45.2 Å². The van der Waals surface area contributed by atoms with E-state index in [4.69, 9.17) is 0 Å². The fourth-order valence-electron chi connectivity index (χ4n) is 3.34. The highest BCUT2D eigenvalue weighted by Crippen LogP contribution is 2.25. The van der Waals surface area contributed by atoms with E-state index in [0.29, 0.717) is 11.4 Å². The maximum atomic E-state index is 12.6. The summed E-state index contributed by atoms with van der Waals surface area (Å²) in [6, 6.07) is 16.0. The fraction of sp³-hybridized carbons (Fsp3) is 0.267. The number of aromatic nitrogens is 6. The highest BCUT2D eigenvalue weighted by Gasteiger charge is 2.27. The molecular weight excluding hydrogens is 730 g/mol. The van der Waals surface area contributed by atoms with E-state index in [0.717, 1.165) is 18.3 Å². The molecule has 10 heteroatoms. The number of ketones is 2. The van der Waals surface area contributed by atoms with Crippen molar-refractivity contribution in [1.29, 1.82) is 0 Å². The van der Waals surface area contributed by atoms with Crippen LogP contribution in [0.15, 0.2) is 73.8 Å². The van der Waals surface area contributed by atoms with Crippen molar-refractivity contribution in [3.05, 3.63) is 92.1 Å². The van der Waals surface area contributed by atoms with Crippen molar-refractivity contribution in [3.63, 3.8) is 0 Å². The molecule has 0 fully saturated rings. The summed E-state index contributed by atoms with van der Waals surface area (Å²) in [5, 5.41) is 8.16. The number of hydrogen-bond acceptors (Lipinski definition) is 6. The first-order valence-corrected chi connectivity index (χ1v) is 14.7. The van der Waals surface area contributed by atoms with Crippen LogP contribution in [0.3, 0.4) is 0 Å². The predicted molar refractivity (Wildman–Crippen MR) is 176 cm³/mol. The van der Waals surface area contributed by atoms with Crippen LogP contribution in [0.2, 0.25) is 0 Å². The van der Waals surface area contributed by atoms with Crippen molar-refractivity contribution in [2.24, 2.45) is 10.8 Å². The second-order valence-corrected chi connectivity index (χ2v) is 13.5. The topological polar surface area (TPSA) is 95.6 Å². The third-order valence-corrected chi connectivity index (χ3v) is 6.94. The van der Waals surface area contributed by atoms with E-state index in [1.54, 1.807) is 12.7 Å². The summed E-state index contributed by atoms with van der Waals surface area (Å²) >= 11 is 4.50. The number of nitrogens with zero attached hydrogens (tertiary/aromatic N) is 6. The second kappa shape index (κ2) is 13.6. The lowest BCUT2D eigenvalue weighted by atomic mass is 9.88. The highest BCUT2D eigenvalue weighted by molar-refractivity contribution is 14.1. The molecule has 0 saturated heterocycles. The van der Waals surface area contributed by atoms with Gasteiger partial charge in [0.15, 0.2) is 11.6 Å². The van der Waals surface area contributed by atoms with Gasteiger partial charge in [-0.25, -0.2) is 19.3 Å². The van der Waals surface area contributed by atoms with Crippen LogP contribution in [0.5, 0.6) is 0 Å². The molecular formula is C30H32I2N6O2. The minimum atomic E-state index is -0.471. The molecule has 0 aliphatic carbocycles. The van der Waals surface area contributed by atoms with Crippen molar-refractivity contribution < 1.29 is 9.59 Å². The van der Waals surface area contributed by atoms with E-state index in [-0.39, 0.29) is 11.6 Å². The molecule has 2 heterocycles. The summed E-state index contributed by atoms with van der Waals surface area (Å²) in [5.41, 5.74) is 2.04. The number of halogens is 2. The van der Waals surface area contributed by atoms with Gasteiger partial charge in [-0.3, -0.25) is 9.59 Å². The van der Waals surface area contributed by atoms with Crippen LogP contribution in [0, 0.1) is 18.0 Å². The monoisotopic (exact) mass is 762 g/mol. The SMILES string of the molecule is CC(C)(C)C(=O)/C(=C/c1ccc(I)cc1)n1cncn1.CC(C)(C)C(=O)/C(=C\c1ccc(I)cc1)n1cncn1. The van der Waals surface area contributed by atoms with Crippen molar-refractivity contribution in [1.82, 2.24) is 29.5 Å². The summed E-state index contributed by atoms with van der Waals surface area (Å²) in [6.07, 6.45) is 9.64. The Balaban J connectivity index is 0.000000220. The first kappa shape index (κ1) is 31.5. The Bertz CT molecular complexity index is 1360. The first-order valence-electron chi connectivity index (χ1n) is 12.5. The van der Waals surface area contributed by atoms with Crippen LogP contribution < -0.4 is 0 Å². The van der Waals surface area contributed by atoms with E-state index >= 15 is 0 Å². The zero-order valence-electron chi connectivity index (χ0n) is 23.3. The smallest absolute Gasteiger partial charge is 0.186 e. The lowest BCUT2D eigenvalue weighted by molar-refractivity contribution is -0.121. The Morgan fingerprint density at radius 1 is 0.625 bits per heavy atom. The van der Waals surface area contributed by atoms with Crippen molar-refractivity contribution in [2.45, 2.75) is 41.5 Å². The van der Waals surface area contributed by atoms with Crippen LogP contribution in [-0.2, 0) is 9.59 Å². The van der Waals surface area contributed by atoms with Gasteiger partial charge in [0, 0.05) is 18.0 Å². The first-order chi connectivity index (χ1) is 18.8. The number of Topliss-reactive ketones (excluding diaryl/α,β-unsaturated/α-hetero) is 2. The molecule has 0 amide bonds. The minimum Gasteiger partial charge on any atom is -0.292 e. The number of rotatable bonds is 6. The number of benzene rings is 2. The molecule has 208 valence electrons. The van der Waals surface area contributed by atoms with Gasteiger partial charge in [0.2, 0.25) is 0 Å². The summed E-state index contributed by atoms with van der Waals surface area (Å²) in [6.45, 7) is 11.4. The Morgan fingerprint density at radius 2 is 0.950 bits per heavy atom. The average Bonchev–Trinajstić information content (AvgIpc) is 3.62. The maximum Gasteiger partial charge on any atom is 0.186 e. The van der Waals surface area contributed by atoms with Gasteiger partial charge in [-0.2, -0.15) is 10.2 Å². The lowest BCUT2D eigenvalue weighted by Crippen LogP contribution is -2.24. The maximum absolute atomic E-state index is 12.6. The number of allylic oxidation sites excluding steroid dienone is 2. The zero-order valence-corrected chi connectivity index (χ0v) is 27.7. The lowest BCUT2D eigenvalue weighted by Gasteiger charge is -2.18. The Kier molecular flexibility index (Phi) is 10.7. The molecule has 0 N–H and O–H groups in total. The van der Waals surface area contributed by atoms with Gasteiger partial charge in [0.05, 0.1) is 0 Å². The fourth-order valence-corrected chi connectivity index (χ4v) is 4.06. The predicted octanol–water partition coefficient (Wildman–Crippen LogP) is 6.99. The van der Waals surface area contributed by atoms with E-state index in [2.05, 4.69) is 65.3 Å². The van der Waals surface area contributed by atoms with Crippen molar-refractivity contribution in [3.8, 4) is 0 Å². The summed E-state index contributed by atoms with van der Waals surface area (Å²) < 4.78 is 5.35. The van der Waals surface area contributed by atoms with Crippen LogP contribution in [-0.4, -0.2) is 41.1 Å². The third kappa shape index (κ3) is 9.01. The molecule has 0 unspecified atom stereocenters. The van der Waals surface area contributed by atoms with Gasteiger partial charge in [0.1, 0.15) is 36.7 Å². The molecule has 0 spiro atoms. The van der Waals surface area contributed by atoms with Crippen LogP contribution in [0.4, 0.5) is 0 Å². The zero-order chi connectivity index (χ0) is 29.5. The minimum absolute atomic E-state index is 0.0292. The normalized spacial score (nSPS) is 12.5. The van der Waals surface area contributed by atoms with Gasteiger partial charge >= 0.3 is 0 Å². The van der Waals surface area contributed by atoms with E-state index in [9.17, 15) is 9.59 Å². The second-order valence-electron chi connectivity index (χ2n) is 11.0. The third-order valence-electron chi connectivity index (χ3n) is 5.51. The molecule has 8 nitrogen and oxygen atoms in total. The van der Waals surface area contributed by atoms with Gasteiger partial charge in [-0.15, -0.1) is 0 Å². The molecule has 2 aromatic carbocycles. The van der Waals surface area contributed by atoms with Gasteiger partial charge in [-0.05, 0) is 92.7 Å². The summed E-state index contributed by atoms with van der Waals surface area (Å²) in [7, 11) is 0. The van der Waals surface area contributed by atoms with Crippen molar-refractivity contribution >= 4 is 80.3 Å². The van der Waals surface area contributed by atoms with Crippen molar-refractivity contribution in [2.75, 3.05) is 0 Å². The number of carbonyl (C=O) groups is 2. The Hall–Kier alpha value is -3.00. The molecule has 0 aliphatic heterocycles. The van der Waals surface area contributed by atoms with E-state index in [1.807, 2.05) is 102 Å². The number of hydrogen-bond donors (Lipinski definition) is 0. The largest absolute Gasteiger partial charge is 0.292 e. The van der Waals surface area contributed by atoms with E-state index < -0.39 is 10.8 Å². The molecule has 0 bridgehead atoms. The van der Waals surface area contributed by atoms with Gasteiger partial charge in [-0.1, -0.05) is 65.8 Å². The summed E-state index contributed by atoms with van der Waals surface area (Å²) in [4.78, 5) is 33.0. The molecule has 40 heavy (non-hydrogen) atoms. The Labute approximate surface area is 262 Å². The average molecular weight is 762 g/mol. The molecule has 0 atom stereocenters. The molecule has 4 rings (SSSR count). The molecule has 0 aliphatic rings. The van der Waals surface area contributed by atoms with E-state index in [1.165, 1.54) is 22.0 Å². The highest BCUT2D eigenvalue weighted by atomic mass is 127. The number of carbonyl (C=O) groups excluding carboxylic acids is 2. The summed E-state index contributed by atoms with van der Waals surface area (Å²) in [5.74, 6) is 0.0584. The standard InChI is InChI=1S/2C15H16IN3O/c2*1-15(2,3)14(20)13(19-10-17-9-18-19)8-11-4-6-12(16)7-5-11/h2*4-10H,1-3H3/b13-8+;13-8-. The Morgan fingerprint density at radius 3 is 1.20 bits per heavy atom. The molecule has 2 aromatic heterocycles. The quantitative estimate of drug-likeness (QED) is 0.155. The van der Waals surface area contributed by atoms with Gasteiger partial charge in [0.25, 0.3) is 0 Å². The van der Waals surface area contributed by atoms with Crippen LogP contribution in [0.1, 0.15) is 52.7 Å². The van der Waals surface area contributed by atoms with Gasteiger partial charge < -0.3 is 0 Å². The molecule has 4 aromatic rings. The van der Waals surface area contributed by atoms with Crippen LogP contribution in [0.25, 0.3) is 23.5 Å².